The smallest absolute Gasteiger partial charge is 0.264 e. The predicted molar refractivity (Wildman–Crippen MR) is 139 cm³/mol. The molecular formula is C28H27N3O5S. The fourth-order valence-corrected chi connectivity index (χ4v) is 6.31. The van der Waals surface area contributed by atoms with Crippen molar-refractivity contribution in [1.82, 2.24) is 14.7 Å². The van der Waals surface area contributed by atoms with E-state index in [9.17, 15) is 13.2 Å². The average molecular weight is 518 g/mol. The molecule has 1 aliphatic carbocycles. The van der Waals surface area contributed by atoms with Crippen molar-refractivity contribution in [1.29, 1.82) is 0 Å². The number of pyridine rings is 2. The van der Waals surface area contributed by atoms with Crippen LogP contribution in [-0.2, 0) is 20.2 Å². The van der Waals surface area contributed by atoms with Crippen LogP contribution in [0.25, 0.3) is 10.9 Å². The number of nitrogens with zero attached hydrogens (tertiary/aromatic N) is 2. The highest BCUT2D eigenvalue weighted by atomic mass is 32.2. The number of amides is 1. The Bertz CT molecular complexity index is 1640. The van der Waals surface area contributed by atoms with Gasteiger partial charge in [0, 0.05) is 34.3 Å². The summed E-state index contributed by atoms with van der Waals surface area (Å²) in [5, 5.41) is 0.442. The third kappa shape index (κ3) is 4.19. The molecule has 1 saturated carbocycles. The summed E-state index contributed by atoms with van der Waals surface area (Å²) in [6, 6.07) is 17.5. The Morgan fingerprint density at radius 1 is 1.03 bits per heavy atom. The van der Waals surface area contributed by atoms with Crippen LogP contribution in [0.5, 0.6) is 11.6 Å². The van der Waals surface area contributed by atoms with Gasteiger partial charge in [0.2, 0.25) is 11.8 Å². The zero-order valence-electron chi connectivity index (χ0n) is 21.0. The number of aryl methyl sites for hydroxylation is 2. The van der Waals surface area contributed by atoms with E-state index in [1.54, 1.807) is 42.6 Å². The standard InChI is InChI=1S/C28H27N3O5S/c1-17-10-13-24(35-3)21(15-17)28(16-22(28)19-7-6-14-29-26(19)36-4)27(32)31-37(33,34)25-9-5-8-23-20(25)12-11-18(2)30-23/h5-15,22H,16H2,1-4H3,(H,31,32). The van der Waals surface area contributed by atoms with Crippen LogP contribution in [0.15, 0.2) is 71.8 Å². The molecule has 1 N–H and O–H groups in total. The Labute approximate surface area is 215 Å². The number of hydrogen-bond acceptors (Lipinski definition) is 7. The monoisotopic (exact) mass is 517 g/mol. The molecule has 8 nitrogen and oxygen atoms in total. The number of nitrogens with one attached hydrogen (secondary N) is 1. The maximum Gasteiger partial charge on any atom is 0.264 e. The molecule has 1 fully saturated rings. The van der Waals surface area contributed by atoms with Crippen molar-refractivity contribution >= 4 is 26.8 Å². The van der Waals surface area contributed by atoms with Crippen molar-refractivity contribution in [3.63, 3.8) is 0 Å². The lowest BCUT2D eigenvalue weighted by Crippen LogP contribution is -2.40. The second-order valence-electron chi connectivity index (χ2n) is 9.24. The second-order valence-corrected chi connectivity index (χ2v) is 10.9. The molecule has 37 heavy (non-hydrogen) atoms. The molecule has 9 heteroatoms. The molecule has 1 amide bonds. The van der Waals surface area contributed by atoms with E-state index in [-0.39, 0.29) is 10.8 Å². The van der Waals surface area contributed by atoms with Gasteiger partial charge in [-0.3, -0.25) is 9.78 Å². The molecule has 5 rings (SSSR count). The molecule has 190 valence electrons. The highest BCUT2D eigenvalue weighted by Crippen LogP contribution is 2.63. The summed E-state index contributed by atoms with van der Waals surface area (Å²) in [4.78, 5) is 22.8. The maximum absolute atomic E-state index is 14.0. The first-order valence-electron chi connectivity index (χ1n) is 11.8. The first kappa shape index (κ1) is 24.7. The molecule has 2 aromatic carbocycles. The molecule has 0 aliphatic heterocycles. The zero-order valence-corrected chi connectivity index (χ0v) is 21.8. The van der Waals surface area contributed by atoms with Crippen LogP contribution in [0, 0.1) is 13.8 Å². The summed E-state index contributed by atoms with van der Waals surface area (Å²) < 4.78 is 40.7. The largest absolute Gasteiger partial charge is 0.496 e. The van der Waals surface area contributed by atoms with E-state index in [1.165, 1.54) is 20.3 Å². The number of rotatable bonds is 7. The minimum absolute atomic E-state index is 0.00614. The molecule has 2 atom stereocenters. The minimum atomic E-state index is -4.23. The number of carbonyl (C=O) groups is 1. The molecule has 1 aliphatic rings. The Morgan fingerprint density at radius 2 is 1.84 bits per heavy atom. The number of fused-ring (bicyclic) bond motifs is 1. The third-order valence-electron chi connectivity index (χ3n) is 6.92. The van der Waals surface area contributed by atoms with Gasteiger partial charge in [0.25, 0.3) is 10.0 Å². The third-order valence-corrected chi connectivity index (χ3v) is 8.31. The molecule has 0 radical (unpaired) electrons. The van der Waals surface area contributed by atoms with Crippen LogP contribution in [0.3, 0.4) is 0 Å². The van der Waals surface area contributed by atoms with Crippen molar-refractivity contribution in [3.05, 3.63) is 89.2 Å². The van der Waals surface area contributed by atoms with Crippen LogP contribution in [0.1, 0.15) is 34.7 Å². The Balaban J connectivity index is 1.61. The van der Waals surface area contributed by atoms with Crippen LogP contribution in [0.2, 0.25) is 0 Å². The molecular weight excluding hydrogens is 490 g/mol. The number of sulfonamides is 1. The molecule has 4 aromatic rings. The molecule has 0 bridgehead atoms. The number of hydrogen-bond donors (Lipinski definition) is 1. The van der Waals surface area contributed by atoms with Crippen molar-refractivity contribution in [2.45, 2.75) is 36.5 Å². The molecule has 2 heterocycles. The minimum Gasteiger partial charge on any atom is -0.496 e. The first-order valence-corrected chi connectivity index (χ1v) is 13.3. The van der Waals surface area contributed by atoms with Crippen LogP contribution in [-0.4, -0.2) is 38.5 Å². The van der Waals surface area contributed by atoms with Gasteiger partial charge >= 0.3 is 0 Å². The Kier molecular flexibility index (Phi) is 6.11. The summed E-state index contributed by atoms with van der Waals surface area (Å²) >= 11 is 0. The van der Waals surface area contributed by atoms with Crippen molar-refractivity contribution < 1.29 is 22.7 Å². The quantitative estimate of drug-likeness (QED) is 0.392. The SMILES string of the molecule is COc1ccc(C)cc1C1(C(=O)NS(=O)(=O)c2cccc3nc(C)ccc23)CC1c1cccnc1OC. The number of aromatic nitrogens is 2. The lowest BCUT2D eigenvalue weighted by Gasteiger charge is -2.22. The normalized spacial score (nSPS) is 18.9. The first-order chi connectivity index (χ1) is 17.7. The lowest BCUT2D eigenvalue weighted by molar-refractivity contribution is -0.122. The van der Waals surface area contributed by atoms with Gasteiger partial charge in [-0.1, -0.05) is 29.8 Å². The summed E-state index contributed by atoms with van der Waals surface area (Å²) in [5.74, 6) is -0.0937. The number of ether oxygens (including phenoxy) is 2. The Morgan fingerprint density at radius 3 is 2.59 bits per heavy atom. The van der Waals surface area contributed by atoms with E-state index in [0.29, 0.717) is 34.5 Å². The van der Waals surface area contributed by atoms with E-state index in [0.717, 1.165) is 16.8 Å². The van der Waals surface area contributed by atoms with Gasteiger partial charge in [-0.15, -0.1) is 0 Å². The summed E-state index contributed by atoms with van der Waals surface area (Å²) in [5.41, 5.74) is 2.38. The zero-order chi connectivity index (χ0) is 26.4. The van der Waals surface area contributed by atoms with E-state index >= 15 is 0 Å². The van der Waals surface area contributed by atoms with Gasteiger partial charge in [-0.05, 0) is 56.7 Å². The van der Waals surface area contributed by atoms with Gasteiger partial charge in [0.05, 0.1) is 30.0 Å². The second kappa shape index (κ2) is 9.15. The highest BCUT2D eigenvalue weighted by Gasteiger charge is 2.64. The maximum atomic E-state index is 14.0. The van der Waals surface area contributed by atoms with E-state index < -0.39 is 21.3 Å². The van der Waals surface area contributed by atoms with E-state index in [4.69, 9.17) is 9.47 Å². The molecule has 0 spiro atoms. The summed E-state index contributed by atoms with van der Waals surface area (Å²) in [6.07, 6.45) is 1.98. The topological polar surface area (TPSA) is 107 Å². The highest BCUT2D eigenvalue weighted by molar-refractivity contribution is 7.90. The molecule has 0 saturated heterocycles. The molecule has 2 unspecified atom stereocenters. The van der Waals surface area contributed by atoms with Crippen LogP contribution in [0.4, 0.5) is 0 Å². The van der Waals surface area contributed by atoms with Crippen LogP contribution >= 0.6 is 0 Å². The van der Waals surface area contributed by atoms with Gasteiger partial charge in [-0.25, -0.2) is 18.1 Å². The van der Waals surface area contributed by atoms with Gasteiger partial charge in [-0.2, -0.15) is 0 Å². The van der Waals surface area contributed by atoms with E-state index in [2.05, 4.69) is 14.7 Å². The predicted octanol–water partition coefficient (Wildman–Crippen LogP) is 4.19. The number of benzene rings is 2. The number of methoxy groups -OCH3 is 2. The summed E-state index contributed by atoms with van der Waals surface area (Å²) in [7, 11) is -1.18. The fraction of sp³-hybridized carbons (Fsp3) is 0.250. The Hall–Kier alpha value is -3.98. The lowest BCUT2D eigenvalue weighted by atomic mass is 9.88. The van der Waals surface area contributed by atoms with Gasteiger partial charge in [0.15, 0.2) is 0 Å². The van der Waals surface area contributed by atoms with Gasteiger partial charge in [0.1, 0.15) is 5.75 Å². The molecule has 2 aromatic heterocycles. The average Bonchev–Trinajstić information content (AvgIpc) is 3.64. The van der Waals surface area contributed by atoms with Gasteiger partial charge < -0.3 is 9.47 Å². The number of carbonyl (C=O) groups excluding carboxylic acids is 1. The van der Waals surface area contributed by atoms with Crippen LogP contribution < -0.4 is 14.2 Å². The summed E-state index contributed by atoms with van der Waals surface area (Å²) in [6.45, 7) is 3.75. The fourth-order valence-electron chi connectivity index (χ4n) is 5.05. The van der Waals surface area contributed by atoms with Crippen molar-refractivity contribution in [2.24, 2.45) is 0 Å². The van der Waals surface area contributed by atoms with Crippen molar-refractivity contribution in [2.75, 3.05) is 14.2 Å². The van der Waals surface area contributed by atoms with Crippen molar-refractivity contribution in [3.8, 4) is 11.6 Å². The van der Waals surface area contributed by atoms with E-state index in [1.807, 2.05) is 32.0 Å².